The molecule has 1 rings (SSSR count). The van der Waals surface area contributed by atoms with E-state index in [1.165, 1.54) is 0 Å². The lowest BCUT2D eigenvalue weighted by molar-refractivity contribution is -0.143. The maximum absolute atomic E-state index is 10.5. The van der Waals surface area contributed by atoms with Crippen LogP contribution in [0.4, 0.5) is 0 Å². The lowest BCUT2D eigenvalue weighted by atomic mass is 10.1. The molecule has 4 heteroatoms. The van der Waals surface area contributed by atoms with Gasteiger partial charge < -0.3 is 9.84 Å². The fraction of sp³-hybridized carbons (Fsp3) is 0.200. The second-order valence-corrected chi connectivity index (χ2v) is 2.73. The first-order valence-corrected chi connectivity index (χ1v) is 4.10. The molecule has 0 aromatic heterocycles. The third kappa shape index (κ3) is 2.90. The van der Waals surface area contributed by atoms with Crippen LogP contribution in [0.5, 0.6) is 0 Å². The van der Waals surface area contributed by atoms with Crippen LogP contribution in [0.1, 0.15) is 18.1 Å². The van der Waals surface area contributed by atoms with Crippen LogP contribution in [-0.4, -0.2) is 17.5 Å². The average Bonchev–Trinajstić information content (AvgIpc) is 2.18. The number of carboxylic acids is 1. The molecule has 14 heavy (non-hydrogen) atoms. The van der Waals surface area contributed by atoms with E-state index in [0.717, 1.165) is 0 Å². The van der Waals surface area contributed by atoms with Crippen LogP contribution >= 0.6 is 0 Å². The minimum atomic E-state index is -0.999. The fourth-order valence-electron chi connectivity index (χ4n) is 1.14. The predicted octanol–water partition coefficient (Wildman–Crippen LogP) is 1.38. The minimum absolute atomic E-state index is 0.219. The molecule has 0 radical (unpaired) electrons. The van der Waals surface area contributed by atoms with Gasteiger partial charge in [-0.2, -0.15) is 0 Å². The fourth-order valence-corrected chi connectivity index (χ4v) is 1.14. The van der Waals surface area contributed by atoms with Crippen molar-refractivity contribution in [3.63, 3.8) is 0 Å². The molecule has 0 saturated heterocycles. The molecule has 1 atom stereocenters. The monoisotopic (exact) mass is 194 g/mol. The zero-order valence-electron chi connectivity index (χ0n) is 7.42. The molecule has 0 aliphatic carbocycles. The van der Waals surface area contributed by atoms with Gasteiger partial charge in [0.15, 0.2) is 0 Å². The molecule has 0 aliphatic heterocycles. The van der Waals surface area contributed by atoms with Gasteiger partial charge in [0.25, 0.3) is 6.47 Å². The summed E-state index contributed by atoms with van der Waals surface area (Å²) in [5.41, 5.74) is 0.682. The molecule has 1 aromatic carbocycles. The Labute approximate surface area is 81.1 Å². The van der Waals surface area contributed by atoms with E-state index in [0.29, 0.717) is 5.56 Å². The van der Waals surface area contributed by atoms with Crippen molar-refractivity contribution >= 4 is 12.4 Å². The van der Waals surface area contributed by atoms with Crippen LogP contribution in [0.25, 0.3) is 0 Å². The summed E-state index contributed by atoms with van der Waals surface area (Å²) < 4.78 is 4.68. The van der Waals surface area contributed by atoms with Gasteiger partial charge in [-0.05, 0) is 5.56 Å². The SMILES string of the molecule is O=COC(CC(=O)O)c1ccccc1. The Kier molecular flexibility index (Phi) is 3.67. The zero-order valence-corrected chi connectivity index (χ0v) is 7.42. The lowest BCUT2D eigenvalue weighted by Gasteiger charge is -2.12. The maximum atomic E-state index is 10.5. The molecule has 0 amide bonds. The number of carboxylic acid groups (broad SMARTS) is 1. The summed E-state index contributed by atoms with van der Waals surface area (Å²) in [5.74, 6) is -0.999. The Morgan fingerprint density at radius 2 is 2.07 bits per heavy atom. The van der Waals surface area contributed by atoms with E-state index in [1.54, 1.807) is 24.3 Å². The van der Waals surface area contributed by atoms with Gasteiger partial charge in [-0.3, -0.25) is 9.59 Å². The normalized spacial score (nSPS) is 11.7. The minimum Gasteiger partial charge on any atom is -0.481 e. The highest BCUT2D eigenvalue weighted by atomic mass is 16.5. The standard InChI is InChI=1S/C10H10O4/c11-7-14-9(6-10(12)13)8-4-2-1-3-5-8/h1-5,7,9H,6H2,(H,12,13). The average molecular weight is 194 g/mol. The van der Waals surface area contributed by atoms with Crippen LogP contribution in [0, 0.1) is 0 Å². The summed E-state index contributed by atoms with van der Waals surface area (Å²) in [6, 6.07) is 8.77. The smallest absolute Gasteiger partial charge is 0.307 e. The van der Waals surface area contributed by atoms with Gasteiger partial charge in [0, 0.05) is 0 Å². The van der Waals surface area contributed by atoms with Gasteiger partial charge in [-0.25, -0.2) is 0 Å². The first-order chi connectivity index (χ1) is 6.74. The molecule has 1 aromatic rings. The van der Waals surface area contributed by atoms with Crippen molar-refractivity contribution in [1.82, 2.24) is 0 Å². The number of hydrogen-bond acceptors (Lipinski definition) is 3. The first kappa shape index (κ1) is 10.2. The van der Waals surface area contributed by atoms with Gasteiger partial charge >= 0.3 is 5.97 Å². The van der Waals surface area contributed by atoms with Gasteiger partial charge in [-0.1, -0.05) is 30.3 Å². The quantitative estimate of drug-likeness (QED) is 0.719. The van der Waals surface area contributed by atoms with Crippen LogP contribution in [-0.2, 0) is 14.3 Å². The highest BCUT2D eigenvalue weighted by Gasteiger charge is 2.15. The first-order valence-electron chi connectivity index (χ1n) is 4.10. The van der Waals surface area contributed by atoms with E-state index in [1.807, 2.05) is 6.07 Å². The number of carbonyl (C=O) groups excluding carboxylic acids is 1. The second-order valence-electron chi connectivity index (χ2n) is 2.73. The van der Waals surface area contributed by atoms with Crippen molar-refractivity contribution in [1.29, 1.82) is 0 Å². The highest BCUT2D eigenvalue weighted by molar-refractivity contribution is 5.68. The van der Waals surface area contributed by atoms with Crippen molar-refractivity contribution in [2.45, 2.75) is 12.5 Å². The van der Waals surface area contributed by atoms with E-state index < -0.39 is 12.1 Å². The van der Waals surface area contributed by atoms with Crippen LogP contribution in [0.2, 0.25) is 0 Å². The molecule has 0 bridgehead atoms. The number of aliphatic carboxylic acids is 1. The highest BCUT2D eigenvalue weighted by Crippen LogP contribution is 2.19. The molecular formula is C10H10O4. The summed E-state index contributed by atoms with van der Waals surface area (Å²) in [7, 11) is 0. The molecule has 1 unspecified atom stereocenters. The summed E-state index contributed by atoms with van der Waals surface area (Å²) in [6.45, 7) is 0.264. The molecule has 0 heterocycles. The summed E-state index contributed by atoms with van der Waals surface area (Å²) in [5, 5.41) is 8.58. The van der Waals surface area contributed by atoms with Crippen molar-refractivity contribution in [2.75, 3.05) is 0 Å². The van der Waals surface area contributed by atoms with E-state index in [-0.39, 0.29) is 12.9 Å². The van der Waals surface area contributed by atoms with Crippen molar-refractivity contribution in [3.8, 4) is 0 Å². The Morgan fingerprint density at radius 1 is 1.43 bits per heavy atom. The summed E-state index contributed by atoms with van der Waals surface area (Å²) in [6.07, 6.45) is -0.922. The van der Waals surface area contributed by atoms with Gasteiger partial charge in [0.05, 0.1) is 6.42 Å². The second kappa shape index (κ2) is 5.01. The molecule has 1 N–H and O–H groups in total. The van der Waals surface area contributed by atoms with Crippen molar-refractivity contribution < 1.29 is 19.4 Å². The third-order valence-electron chi connectivity index (χ3n) is 1.75. The lowest BCUT2D eigenvalue weighted by Crippen LogP contribution is -2.09. The molecule has 0 aliphatic rings. The number of hydrogen-bond donors (Lipinski definition) is 1. The number of ether oxygens (including phenoxy) is 1. The predicted molar refractivity (Wildman–Crippen MR) is 48.6 cm³/mol. The Bertz CT molecular complexity index is 307. The van der Waals surface area contributed by atoms with E-state index >= 15 is 0 Å². The maximum Gasteiger partial charge on any atom is 0.307 e. The molecule has 0 fully saturated rings. The summed E-state index contributed by atoms with van der Waals surface area (Å²) >= 11 is 0. The van der Waals surface area contributed by atoms with Crippen LogP contribution in [0.3, 0.4) is 0 Å². The topological polar surface area (TPSA) is 63.6 Å². The number of rotatable bonds is 5. The summed E-state index contributed by atoms with van der Waals surface area (Å²) in [4.78, 5) is 20.6. The van der Waals surface area contributed by atoms with E-state index in [2.05, 4.69) is 4.74 Å². The van der Waals surface area contributed by atoms with Crippen LogP contribution < -0.4 is 0 Å². The Balaban J connectivity index is 2.77. The van der Waals surface area contributed by atoms with Crippen molar-refractivity contribution in [2.24, 2.45) is 0 Å². The van der Waals surface area contributed by atoms with E-state index in [9.17, 15) is 9.59 Å². The van der Waals surface area contributed by atoms with Gasteiger partial charge in [0.1, 0.15) is 6.10 Å². The molecule has 0 saturated carbocycles. The Hall–Kier alpha value is -1.84. The molecule has 0 spiro atoms. The Morgan fingerprint density at radius 3 is 2.57 bits per heavy atom. The van der Waals surface area contributed by atoms with Crippen molar-refractivity contribution in [3.05, 3.63) is 35.9 Å². The number of carbonyl (C=O) groups is 2. The van der Waals surface area contributed by atoms with E-state index in [4.69, 9.17) is 5.11 Å². The van der Waals surface area contributed by atoms with Gasteiger partial charge in [0.2, 0.25) is 0 Å². The molecule has 4 nitrogen and oxygen atoms in total. The molecule has 74 valence electrons. The third-order valence-corrected chi connectivity index (χ3v) is 1.75. The largest absolute Gasteiger partial charge is 0.481 e. The molecular weight excluding hydrogens is 184 g/mol. The zero-order chi connectivity index (χ0) is 10.4. The van der Waals surface area contributed by atoms with Crippen LogP contribution in [0.15, 0.2) is 30.3 Å². The van der Waals surface area contributed by atoms with Gasteiger partial charge in [-0.15, -0.1) is 0 Å². The number of benzene rings is 1.